The number of hydrogen-bond acceptors (Lipinski definition) is 2. The van der Waals surface area contributed by atoms with Gasteiger partial charge in [0, 0.05) is 42.6 Å². The van der Waals surface area contributed by atoms with Crippen molar-refractivity contribution in [2.24, 2.45) is 0 Å². The van der Waals surface area contributed by atoms with Gasteiger partial charge in [-0.15, -0.1) is 11.3 Å². The highest BCUT2D eigenvalue weighted by atomic mass is 32.1. The van der Waals surface area contributed by atoms with Crippen LogP contribution in [0.25, 0.3) is 53.6 Å². The highest BCUT2D eigenvalue weighted by molar-refractivity contribution is 7.25. The molecule has 0 amide bonds. The molecule has 0 radical (unpaired) electrons. The molecule has 0 fully saturated rings. The molecular formula is C58H41NS. The Morgan fingerprint density at radius 1 is 0.350 bits per heavy atom. The minimum atomic E-state index is -0.447. The molecule has 0 unspecified atom stereocenters. The fraction of sp³-hybridized carbons (Fsp3) is 0.0690. The van der Waals surface area contributed by atoms with Crippen LogP contribution in [-0.2, 0) is 10.8 Å². The Morgan fingerprint density at radius 3 is 1.53 bits per heavy atom. The Hall–Kier alpha value is -7.00. The Morgan fingerprint density at radius 2 is 0.833 bits per heavy atom. The van der Waals surface area contributed by atoms with Crippen LogP contribution in [0.1, 0.15) is 47.2 Å². The molecule has 0 aliphatic heterocycles. The molecule has 60 heavy (non-hydrogen) atoms. The van der Waals surface area contributed by atoms with Crippen molar-refractivity contribution in [3.8, 4) is 33.4 Å². The fourth-order valence-electron chi connectivity index (χ4n) is 10.6. The zero-order valence-corrected chi connectivity index (χ0v) is 34.4. The van der Waals surface area contributed by atoms with Gasteiger partial charge in [0.15, 0.2) is 0 Å². The second kappa shape index (κ2) is 13.3. The smallest absolute Gasteiger partial charge is 0.0713 e. The maximum absolute atomic E-state index is 2.46. The van der Waals surface area contributed by atoms with Gasteiger partial charge < -0.3 is 4.90 Å². The number of hydrogen-bond donors (Lipinski definition) is 0. The van der Waals surface area contributed by atoms with Crippen LogP contribution in [-0.4, -0.2) is 0 Å². The van der Waals surface area contributed by atoms with Crippen LogP contribution >= 0.6 is 11.3 Å². The van der Waals surface area contributed by atoms with Crippen LogP contribution < -0.4 is 4.90 Å². The molecule has 0 N–H and O–H groups in total. The summed E-state index contributed by atoms with van der Waals surface area (Å²) in [5, 5.41) is 2.64. The summed E-state index contributed by atoms with van der Waals surface area (Å²) in [7, 11) is 0. The largest absolute Gasteiger partial charge is 0.310 e. The van der Waals surface area contributed by atoms with Gasteiger partial charge in [-0.25, -0.2) is 0 Å². The summed E-state index contributed by atoms with van der Waals surface area (Å²) in [6.45, 7) is 4.71. The molecule has 284 valence electrons. The van der Waals surface area contributed by atoms with E-state index in [9.17, 15) is 0 Å². The molecule has 1 heterocycles. The van der Waals surface area contributed by atoms with E-state index in [0.717, 1.165) is 17.1 Å². The van der Waals surface area contributed by atoms with E-state index in [1.165, 1.54) is 86.9 Å². The van der Waals surface area contributed by atoms with Crippen molar-refractivity contribution in [2.75, 3.05) is 4.90 Å². The van der Waals surface area contributed by atoms with E-state index < -0.39 is 5.41 Å². The number of thiophene rings is 1. The predicted molar refractivity (Wildman–Crippen MR) is 254 cm³/mol. The fourth-order valence-corrected chi connectivity index (χ4v) is 11.7. The molecule has 1 aromatic heterocycles. The lowest BCUT2D eigenvalue weighted by atomic mass is 9.68. The third-order valence-corrected chi connectivity index (χ3v) is 14.5. The summed E-state index contributed by atoms with van der Waals surface area (Å²) in [5.41, 5.74) is 18.4. The summed E-state index contributed by atoms with van der Waals surface area (Å²) in [6, 6.07) is 79.2. The van der Waals surface area contributed by atoms with E-state index >= 15 is 0 Å². The topological polar surface area (TPSA) is 3.24 Å². The highest BCUT2D eigenvalue weighted by Crippen LogP contribution is 2.57. The van der Waals surface area contributed by atoms with Crippen molar-refractivity contribution >= 4 is 48.6 Å². The van der Waals surface area contributed by atoms with Gasteiger partial charge in [-0.1, -0.05) is 172 Å². The third kappa shape index (κ3) is 5.04. The van der Waals surface area contributed by atoms with E-state index in [1.807, 2.05) is 11.3 Å². The molecule has 0 saturated heterocycles. The first-order valence-electron chi connectivity index (χ1n) is 20.9. The number of rotatable bonds is 6. The Labute approximate surface area is 355 Å². The molecule has 0 spiro atoms. The standard InChI is InChI=1S/C58H41NS/c1-57(2)51-22-12-9-19-45(51)48-36-43(30-32-52(48)57)59(42-28-25-38(26-29-42)39-27-34-56-50(35-39)47-21-11-14-24-55(47)60-56)44-31-33-54-49(37-44)46-20-10-13-23-53(46)58(54,40-15-5-3-6-16-40)41-17-7-4-8-18-41/h3-37H,1-2H3. The van der Waals surface area contributed by atoms with Gasteiger partial charge in [-0.2, -0.15) is 0 Å². The van der Waals surface area contributed by atoms with Crippen LogP contribution in [0.5, 0.6) is 0 Å². The molecular weight excluding hydrogens is 743 g/mol. The summed E-state index contributed by atoms with van der Waals surface area (Å²) in [4.78, 5) is 2.46. The van der Waals surface area contributed by atoms with Crippen LogP contribution in [0.3, 0.4) is 0 Å². The average molecular weight is 784 g/mol. The lowest BCUT2D eigenvalue weighted by molar-refractivity contribution is 0.660. The maximum Gasteiger partial charge on any atom is 0.0713 e. The molecule has 2 heteroatoms. The lowest BCUT2D eigenvalue weighted by Crippen LogP contribution is -2.28. The molecule has 0 bridgehead atoms. The number of anilines is 3. The van der Waals surface area contributed by atoms with Gasteiger partial charge in [0.25, 0.3) is 0 Å². The van der Waals surface area contributed by atoms with Gasteiger partial charge in [-0.3, -0.25) is 0 Å². The molecule has 10 aromatic rings. The second-order valence-corrected chi connectivity index (χ2v) is 17.9. The predicted octanol–water partition coefficient (Wildman–Crippen LogP) is 15.9. The maximum atomic E-state index is 2.46. The normalized spacial score (nSPS) is 14.1. The van der Waals surface area contributed by atoms with E-state index in [0.29, 0.717) is 0 Å². The SMILES string of the molecule is CC1(C)c2ccccc2-c2cc(N(c3ccc(-c4ccc5sc6ccccc6c5c4)cc3)c3ccc4c(c3)-c3ccccc3C4(c3ccccc3)c3ccccc3)ccc21. The Bertz CT molecular complexity index is 3240. The number of nitrogens with zero attached hydrogens (tertiary/aromatic N) is 1. The van der Waals surface area contributed by atoms with E-state index in [4.69, 9.17) is 0 Å². The molecule has 2 aliphatic rings. The summed E-state index contributed by atoms with van der Waals surface area (Å²) >= 11 is 1.87. The van der Waals surface area contributed by atoms with Gasteiger partial charge in [0.1, 0.15) is 0 Å². The second-order valence-electron chi connectivity index (χ2n) is 16.8. The van der Waals surface area contributed by atoms with Crippen molar-refractivity contribution in [3.05, 3.63) is 246 Å². The van der Waals surface area contributed by atoms with Crippen LogP contribution in [0.4, 0.5) is 17.1 Å². The minimum Gasteiger partial charge on any atom is -0.310 e. The molecule has 12 rings (SSSR count). The molecule has 9 aromatic carbocycles. The van der Waals surface area contributed by atoms with Crippen LogP contribution in [0.15, 0.2) is 212 Å². The quantitative estimate of drug-likeness (QED) is 0.162. The summed E-state index contributed by atoms with van der Waals surface area (Å²) in [5.74, 6) is 0. The average Bonchev–Trinajstić information content (AvgIpc) is 3.90. The summed E-state index contributed by atoms with van der Waals surface area (Å²) in [6.07, 6.45) is 0. The van der Waals surface area contributed by atoms with Gasteiger partial charge in [0.2, 0.25) is 0 Å². The molecule has 1 nitrogen and oxygen atoms in total. The Kier molecular flexibility index (Phi) is 7.73. The first-order chi connectivity index (χ1) is 29.5. The third-order valence-electron chi connectivity index (χ3n) is 13.4. The van der Waals surface area contributed by atoms with Gasteiger partial charge in [0.05, 0.1) is 5.41 Å². The van der Waals surface area contributed by atoms with Crippen LogP contribution in [0, 0.1) is 0 Å². The van der Waals surface area contributed by atoms with Crippen molar-refractivity contribution < 1.29 is 0 Å². The zero-order valence-electron chi connectivity index (χ0n) is 33.6. The van der Waals surface area contributed by atoms with E-state index in [-0.39, 0.29) is 5.41 Å². The number of fused-ring (bicyclic) bond motifs is 9. The number of benzene rings is 9. The first kappa shape index (κ1) is 35.0. The lowest BCUT2D eigenvalue weighted by Gasteiger charge is -2.34. The van der Waals surface area contributed by atoms with Crippen LogP contribution in [0.2, 0.25) is 0 Å². The van der Waals surface area contributed by atoms with E-state index in [1.54, 1.807) is 0 Å². The molecule has 0 saturated carbocycles. The van der Waals surface area contributed by atoms with Crippen molar-refractivity contribution in [1.82, 2.24) is 0 Å². The van der Waals surface area contributed by atoms with E-state index in [2.05, 4.69) is 231 Å². The molecule has 0 atom stereocenters. The van der Waals surface area contributed by atoms with Gasteiger partial charge >= 0.3 is 0 Å². The van der Waals surface area contributed by atoms with Crippen molar-refractivity contribution in [3.63, 3.8) is 0 Å². The molecule has 2 aliphatic carbocycles. The van der Waals surface area contributed by atoms with Crippen molar-refractivity contribution in [1.29, 1.82) is 0 Å². The minimum absolute atomic E-state index is 0.0682. The van der Waals surface area contributed by atoms with Crippen molar-refractivity contribution in [2.45, 2.75) is 24.7 Å². The Balaban J connectivity index is 1.05. The van der Waals surface area contributed by atoms with Gasteiger partial charge in [-0.05, 0) is 121 Å². The summed E-state index contributed by atoms with van der Waals surface area (Å²) < 4.78 is 2.66. The highest BCUT2D eigenvalue weighted by Gasteiger charge is 2.46. The zero-order chi connectivity index (χ0) is 40.0. The monoisotopic (exact) mass is 783 g/mol. The first-order valence-corrected chi connectivity index (χ1v) is 21.7.